The summed E-state index contributed by atoms with van der Waals surface area (Å²) in [5.74, 6) is 0.701. The molecule has 1 atom stereocenters. The minimum Gasteiger partial charge on any atom is -0.393 e. The van der Waals surface area contributed by atoms with Gasteiger partial charge in [-0.1, -0.05) is 6.92 Å². The van der Waals surface area contributed by atoms with Gasteiger partial charge in [-0.25, -0.2) is 8.78 Å². The van der Waals surface area contributed by atoms with Crippen molar-refractivity contribution in [2.24, 2.45) is 0 Å². The van der Waals surface area contributed by atoms with Crippen LogP contribution in [-0.2, 0) is 6.42 Å². The standard InChI is InChI=1S/C12H16F2OS/c1-2-16-4-3-12(15)7-9-5-10(13)8-11(14)6-9/h5-6,8,12,15H,2-4,7H2,1H3. The van der Waals surface area contributed by atoms with Crippen molar-refractivity contribution >= 4 is 11.8 Å². The Morgan fingerprint density at radius 1 is 1.25 bits per heavy atom. The summed E-state index contributed by atoms with van der Waals surface area (Å²) in [6, 6.07) is 3.36. The van der Waals surface area contributed by atoms with Crippen molar-refractivity contribution in [3.8, 4) is 0 Å². The summed E-state index contributed by atoms with van der Waals surface area (Å²) in [6.07, 6.45) is 0.426. The summed E-state index contributed by atoms with van der Waals surface area (Å²) >= 11 is 1.75. The van der Waals surface area contributed by atoms with E-state index in [-0.39, 0.29) is 0 Å². The number of hydrogen-bond acceptors (Lipinski definition) is 2. The average molecular weight is 246 g/mol. The molecule has 0 fully saturated rings. The van der Waals surface area contributed by atoms with Crippen LogP contribution in [0.25, 0.3) is 0 Å². The Hall–Kier alpha value is -0.610. The molecule has 1 unspecified atom stereocenters. The van der Waals surface area contributed by atoms with Gasteiger partial charge in [-0.3, -0.25) is 0 Å². The van der Waals surface area contributed by atoms with Crippen molar-refractivity contribution < 1.29 is 13.9 Å². The fraction of sp³-hybridized carbons (Fsp3) is 0.500. The number of aliphatic hydroxyl groups excluding tert-OH is 1. The molecule has 0 bridgehead atoms. The molecule has 4 heteroatoms. The van der Waals surface area contributed by atoms with Gasteiger partial charge in [-0.05, 0) is 42.0 Å². The molecule has 0 spiro atoms. The Morgan fingerprint density at radius 3 is 2.44 bits per heavy atom. The lowest BCUT2D eigenvalue weighted by molar-refractivity contribution is 0.172. The van der Waals surface area contributed by atoms with Crippen LogP contribution < -0.4 is 0 Å². The Labute approximate surface area is 98.9 Å². The number of benzene rings is 1. The van der Waals surface area contributed by atoms with Crippen LogP contribution in [0, 0.1) is 11.6 Å². The molecule has 0 saturated heterocycles. The van der Waals surface area contributed by atoms with Crippen LogP contribution in [0.5, 0.6) is 0 Å². The second-order valence-electron chi connectivity index (χ2n) is 3.62. The van der Waals surface area contributed by atoms with E-state index in [1.165, 1.54) is 12.1 Å². The molecule has 1 N–H and O–H groups in total. The number of halogens is 2. The van der Waals surface area contributed by atoms with Gasteiger partial charge in [-0.2, -0.15) is 11.8 Å². The molecule has 1 aromatic rings. The Kier molecular flexibility index (Phi) is 5.77. The van der Waals surface area contributed by atoms with E-state index in [4.69, 9.17) is 0 Å². The highest BCUT2D eigenvalue weighted by Gasteiger charge is 2.07. The summed E-state index contributed by atoms with van der Waals surface area (Å²) in [5.41, 5.74) is 0.506. The van der Waals surface area contributed by atoms with Crippen molar-refractivity contribution in [2.45, 2.75) is 25.9 Å². The normalized spacial score (nSPS) is 12.8. The average Bonchev–Trinajstić information content (AvgIpc) is 2.16. The van der Waals surface area contributed by atoms with Crippen LogP contribution in [0.2, 0.25) is 0 Å². The van der Waals surface area contributed by atoms with Gasteiger partial charge in [0.2, 0.25) is 0 Å². The first kappa shape index (κ1) is 13.5. The van der Waals surface area contributed by atoms with E-state index in [2.05, 4.69) is 6.92 Å². The highest BCUT2D eigenvalue weighted by molar-refractivity contribution is 7.99. The van der Waals surface area contributed by atoms with Crippen LogP contribution in [0.3, 0.4) is 0 Å². The van der Waals surface area contributed by atoms with Gasteiger partial charge < -0.3 is 5.11 Å². The Morgan fingerprint density at radius 2 is 1.88 bits per heavy atom. The molecule has 0 radical (unpaired) electrons. The quantitative estimate of drug-likeness (QED) is 0.779. The third-order valence-corrected chi connectivity index (χ3v) is 3.13. The van der Waals surface area contributed by atoms with Gasteiger partial charge >= 0.3 is 0 Å². The van der Waals surface area contributed by atoms with Crippen LogP contribution in [-0.4, -0.2) is 22.7 Å². The van der Waals surface area contributed by atoms with Crippen LogP contribution >= 0.6 is 11.8 Å². The SMILES string of the molecule is CCSCCC(O)Cc1cc(F)cc(F)c1. The van der Waals surface area contributed by atoms with Gasteiger partial charge in [-0.15, -0.1) is 0 Å². The zero-order chi connectivity index (χ0) is 12.0. The molecule has 0 aliphatic rings. The molecule has 1 rings (SSSR count). The summed E-state index contributed by atoms with van der Waals surface area (Å²) in [7, 11) is 0. The van der Waals surface area contributed by atoms with E-state index in [0.29, 0.717) is 18.4 Å². The van der Waals surface area contributed by atoms with Crippen molar-refractivity contribution in [3.63, 3.8) is 0 Å². The van der Waals surface area contributed by atoms with Gasteiger partial charge in [0.25, 0.3) is 0 Å². The Bertz CT molecular complexity index is 311. The molecule has 1 nitrogen and oxygen atoms in total. The largest absolute Gasteiger partial charge is 0.393 e. The molecule has 1 aromatic carbocycles. The molecular formula is C12H16F2OS. The molecule has 0 amide bonds. The first-order valence-electron chi connectivity index (χ1n) is 5.32. The summed E-state index contributed by atoms with van der Waals surface area (Å²) in [4.78, 5) is 0. The predicted molar refractivity (Wildman–Crippen MR) is 63.7 cm³/mol. The van der Waals surface area contributed by atoms with Gasteiger partial charge in [0.1, 0.15) is 11.6 Å². The summed E-state index contributed by atoms with van der Waals surface area (Å²) < 4.78 is 25.7. The number of rotatable bonds is 6. The van der Waals surface area contributed by atoms with Crippen molar-refractivity contribution in [1.29, 1.82) is 0 Å². The highest BCUT2D eigenvalue weighted by Crippen LogP contribution is 2.13. The third kappa shape index (κ3) is 4.94. The fourth-order valence-electron chi connectivity index (χ4n) is 1.47. The smallest absolute Gasteiger partial charge is 0.126 e. The lowest BCUT2D eigenvalue weighted by Crippen LogP contribution is -2.12. The molecule has 16 heavy (non-hydrogen) atoms. The molecule has 0 aliphatic carbocycles. The summed E-state index contributed by atoms with van der Waals surface area (Å²) in [6.45, 7) is 2.05. The second kappa shape index (κ2) is 6.86. The lowest BCUT2D eigenvalue weighted by atomic mass is 10.1. The second-order valence-corrected chi connectivity index (χ2v) is 5.02. The molecule has 0 aliphatic heterocycles. The Balaban J connectivity index is 2.45. The maximum atomic E-state index is 12.9. The van der Waals surface area contributed by atoms with Gasteiger partial charge in [0, 0.05) is 6.07 Å². The minimum absolute atomic E-state index is 0.305. The lowest BCUT2D eigenvalue weighted by Gasteiger charge is -2.10. The number of hydrogen-bond donors (Lipinski definition) is 1. The third-order valence-electron chi connectivity index (χ3n) is 2.19. The maximum absolute atomic E-state index is 12.9. The van der Waals surface area contributed by atoms with Crippen LogP contribution in [0.1, 0.15) is 18.9 Å². The van der Waals surface area contributed by atoms with Gasteiger partial charge in [0.05, 0.1) is 6.10 Å². The van der Waals surface area contributed by atoms with E-state index in [0.717, 1.165) is 17.6 Å². The molecular weight excluding hydrogens is 230 g/mol. The first-order chi connectivity index (χ1) is 7.61. The fourth-order valence-corrected chi connectivity index (χ4v) is 2.19. The molecule has 90 valence electrons. The topological polar surface area (TPSA) is 20.2 Å². The zero-order valence-electron chi connectivity index (χ0n) is 9.25. The molecule has 0 saturated carbocycles. The first-order valence-corrected chi connectivity index (χ1v) is 6.48. The minimum atomic E-state index is -0.592. The van der Waals surface area contributed by atoms with Crippen molar-refractivity contribution in [2.75, 3.05) is 11.5 Å². The summed E-state index contributed by atoms with van der Waals surface area (Å²) in [5, 5.41) is 9.65. The zero-order valence-corrected chi connectivity index (χ0v) is 10.1. The number of thioether (sulfide) groups is 1. The van der Waals surface area contributed by atoms with Gasteiger partial charge in [0.15, 0.2) is 0 Å². The highest BCUT2D eigenvalue weighted by atomic mass is 32.2. The van der Waals surface area contributed by atoms with E-state index in [1.54, 1.807) is 11.8 Å². The monoisotopic (exact) mass is 246 g/mol. The molecule has 0 heterocycles. The van der Waals surface area contributed by atoms with E-state index < -0.39 is 17.7 Å². The van der Waals surface area contributed by atoms with E-state index in [1.807, 2.05) is 0 Å². The van der Waals surface area contributed by atoms with E-state index >= 15 is 0 Å². The maximum Gasteiger partial charge on any atom is 0.126 e. The number of aliphatic hydroxyl groups is 1. The van der Waals surface area contributed by atoms with Crippen molar-refractivity contribution in [3.05, 3.63) is 35.4 Å². The van der Waals surface area contributed by atoms with Crippen molar-refractivity contribution in [1.82, 2.24) is 0 Å². The molecule has 0 aromatic heterocycles. The van der Waals surface area contributed by atoms with Crippen LogP contribution in [0.4, 0.5) is 8.78 Å². The predicted octanol–water partition coefficient (Wildman–Crippen LogP) is 3.01. The van der Waals surface area contributed by atoms with E-state index in [9.17, 15) is 13.9 Å². The van der Waals surface area contributed by atoms with Crippen LogP contribution in [0.15, 0.2) is 18.2 Å².